The lowest BCUT2D eigenvalue weighted by molar-refractivity contribution is 0.0813. The van der Waals surface area contributed by atoms with Crippen LogP contribution in [0.2, 0.25) is 36.1 Å². The maximum absolute atomic E-state index is 6.16. The average molecular weight is 348 g/mol. The number of hydrogen-bond donors (Lipinski definition) is 1. The fourth-order valence-electron chi connectivity index (χ4n) is 1.80. The van der Waals surface area contributed by atoms with Crippen molar-refractivity contribution in [1.29, 1.82) is 0 Å². The third kappa shape index (κ3) is 4.06. The van der Waals surface area contributed by atoms with Crippen LogP contribution < -0.4 is 5.32 Å². The van der Waals surface area contributed by atoms with Gasteiger partial charge in [0.1, 0.15) is 17.9 Å². The molecule has 0 spiro atoms. The first-order valence-corrected chi connectivity index (χ1v) is 11.1. The van der Waals surface area contributed by atoms with Gasteiger partial charge in [0.15, 0.2) is 10.8 Å². The molecule has 116 valence electrons. The molecule has 0 saturated carbocycles. The van der Waals surface area contributed by atoms with Gasteiger partial charge in [-0.15, -0.1) is 0 Å². The standard InChI is InChI=1S/C12H19Cl2N5OSi/c1-15-10-8-9(13)18-19(11(8)17-12(14)16-10)7-20-5-6-21(2,3)4/h5-7H2,1-4H3,(H,15,16,17). The van der Waals surface area contributed by atoms with Crippen LogP contribution in [0.4, 0.5) is 5.82 Å². The molecule has 0 aliphatic heterocycles. The summed E-state index contributed by atoms with van der Waals surface area (Å²) in [6.07, 6.45) is 0. The van der Waals surface area contributed by atoms with Crippen LogP contribution in [0.25, 0.3) is 11.0 Å². The highest BCUT2D eigenvalue weighted by atomic mass is 35.5. The second kappa shape index (κ2) is 6.47. The van der Waals surface area contributed by atoms with E-state index in [1.807, 2.05) is 0 Å². The normalized spacial score (nSPS) is 12.1. The van der Waals surface area contributed by atoms with E-state index in [1.165, 1.54) is 0 Å². The van der Waals surface area contributed by atoms with Gasteiger partial charge in [0.05, 0.1) is 0 Å². The number of fused-ring (bicyclic) bond motifs is 1. The van der Waals surface area contributed by atoms with E-state index in [0.717, 1.165) is 6.04 Å². The van der Waals surface area contributed by atoms with E-state index in [4.69, 9.17) is 27.9 Å². The van der Waals surface area contributed by atoms with Crippen LogP contribution in [0.3, 0.4) is 0 Å². The molecule has 0 aliphatic rings. The zero-order valence-electron chi connectivity index (χ0n) is 12.6. The third-order valence-electron chi connectivity index (χ3n) is 2.97. The molecule has 0 fully saturated rings. The first-order valence-electron chi connectivity index (χ1n) is 6.67. The van der Waals surface area contributed by atoms with E-state index in [-0.39, 0.29) is 5.28 Å². The van der Waals surface area contributed by atoms with Gasteiger partial charge in [0.25, 0.3) is 0 Å². The second-order valence-electron chi connectivity index (χ2n) is 5.93. The van der Waals surface area contributed by atoms with Gasteiger partial charge >= 0.3 is 0 Å². The van der Waals surface area contributed by atoms with Gasteiger partial charge in [-0.25, -0.2) is 4.68 Å². The molecule has 21 heavy (non-hydrogen) atoms. The van der Waals surface area contributed by atoms with Gasteiger partial charge in [-0.2, -0.15) is 15.1 Å². The predicted molar refractivity (Wildman–Crippen MR) is 89.0 cm³/mol. The lowest BCUT2D eigenvalue weighted by Crippen LogP contribution is -2.22. The Hall–Kier alpha value is -0.893. The van der Waals surface area contributed by atoms with Gasteiger partial charge < -0.3 is 10.1 Å². The highest BCUT2D eigenvalue weighted by molar-refractivity contribution is 6.76. The zero-order chi connectivity index (χ0) is 15.6. The first-order chi connectivity index (χ1) is 9.81. The summed E-state index contributed by atoms with van der Waals surface area (Å²) in [5, 5.41) is 8.31. The van der Waals surface area contributed by atoms with Gasteiger partial charge in [0.2, 0.25) is 5.28 Å². The summed E-state index contributed by atoms with van der Waals surface area (Å²) in [6.45, 7) is 7.92. The van der Waals surface area contributed by atoms with Crippen molar-refractivity contribution in [3.05, 3.63) is 10.4 Å². The Labute approximate surface area is 134 Å². The summed E-state index contributed by atoms with van der Waals surface area (Å²) in [7, 11) is 0.641. The van der Waals surface area contributed by atoms with Crippen molar-refractivity contribution in [1.82, 2.24) is 19.7 Å². The van der Waals surface area contributed by atoms with E-state index in [9.17, 15) is 0 Å². The van der Waals surface area contributed by atoms with Gasteiger partial charge in [0, 0.05) is 21.7 Å². The summed E-state index contributed by atoms with van der Waals surface area (Å²) in [4.78, 5) is 8.28. The molecule has 2 heterocycles. The number of ether oxygens (including phenoxy) is 1. The molecule has 0 aliphatic carbocycles. The maximum atomic E-state index is 6.16. The van der Waals surface area contributed by atoms with Gasteiger partial charge in [-0.3, -0.25) is 0 Å². The molecule has 0 bridgehead atoms. The summed E-state index contributed by atoms with van der Waals surface area (Å²) >= 11 is 12.1. The molecule has 6 nitrogen and oxygen atoms in total. The third-order valence-corrected chi connectivity index (χ3v) is 5.11. The lowest BCUT2D eigenvalue weighted by atomic mass is 10.4. The van der Waals surface area contributed by atoms with Crippen molar-refractivity contribution in [3.8, 4) is 0 Å². The van der Waals surface area contributed by atoms with Crippen molar-refractivity contribution in [3.63, 3.8) is 0 Å². The average Bonchev–Trinajstić information content (AvgIpc) is 2.69. The summed E-state index contributed by atoms with van der Waals surface area (Å²) in [6, 6.07) is 1.09. The van der Waals surface area contributed by atoms with Crippen molar-refractivity contribution in [2.45, 2.75) is 32.4 Å². The Morgan fingerprint density at radius 2 is 1.95 bits per heavy atom. The van der Waals surface area contributed by atoms with Gasteiger partial charge in [-0.1, -0.05) is 31.2 Å². The Kier molecular flexibility index (Phi) is 5.08. The van der Waals surface area contributed by atoms with Crippen LogP contribution in [0, 0.1) is 0 Å². The fraction of sp³-hybridized carbons (Fsp3) is 0.583. The molecule has 0 amide bonds. The van der Waals surface area contributed by atoms with Crippen molar-refractivity contribution >= 4 is 48.1 Å². The number of nitrogens with zero attached hydrogens (tertiary/aromatic N) is 4. The highest BCUT2D eigenvalue weighted by Crippen LogP contribution is 2.28. The van der Waals surface area contributed by atoms with E-state index in [1.54, 1.807) is 11.7 Å². The summed E-state index contributed by atoms with van der Waals surface area (Å²) in [5.74, 6) is 0.559. The largest absolute Gasteiger partial charge is 0.372 e. The van der Waals surface area contributed by atoms with Crippen LogP contribution in [-0.4, -0.2) is 41.5 Å². The predicted octanol–water partition coefficient (Wildman–Crippen LogP) is 3.49. The van der Waals surface area contributed by atoms with Crippen LogP contribution in [0.1, 0.15) is 0 Å². The molecule has 0 saturated heterocycles. The first kappa shape index (κ1) is 16.5. The highest BCUT2D eigenvalue weighted by Gasteiger charge is 2.17. The fourth-order valence-corrected chi connectivity index (χ4v) is 2.99. The molecule has 0 radical (unpaired) electrons. The number of nitrogens with one attached hydrogen (secondary N) is 1. The van der Waals surface area contributed by atoms with Crippen LogP contribution in [0.15, 0.2) is 0 Å². The smallest absolute Gasteiger partial charge is 0.226 e. The SMILES string of the molecule is CNc1nc(Cl)nc2c1c(Cl)nn2COCC[Si](C)(C)C. The molecule has 2 rings (SSSR count). The van der Waals surface area contributed by atoms with Crippen molar-refractivity contribution in [2.75, 3.05) is 19.0 Å². The maximum Gasteiger partial charge on any atom is 0.226 e. The van der Waals surface area contributed by atoms with E-state index >= 15 is 0 Å². The molecular weight excluding hydrogens is 329 g/mol. The lowest BCUT2D eigenvalue weighted by Gasteiger charge is -2.15. The molecule has 0 atom stereocenters. The van der Waals surface area contributed by atoms with Crippen molar-refractivity contribution < 1.29 is 4.74 Å². The quantitative estimate of drug-likeness (QED) is 0.492. The molecule has 0 aromatic carbocycles. The Balaban J connectivity index is 2.19. The van der Waals surface area contributed by atoms with Crippen LogP contribution >= 0.6 is 23.2 Å². The molecule has 2 aromatic rings. The number of anilines is 1. The summed E-state index contributed by atoms with van der Waals surface area (Å²) < 4.78 is 7.29. The number of aromatic nitrogens is 4. The number of rotatable bonds is 6. The molecule has 1 N–H and O–H groups in total. The van der Waals surface area contributed by atoms with Crippen LogP contribution in [0.5, 0.6) is 0 Å². The molecule has 0 unspecified atom stereocenters. The minimum absolute atomic E-state index is 0.145. The molecule has 9 heteroatoms. The summed E-state index contributed by atoms with van der Waals surface area (Å²) in [5.41, 5.74) is 0.567. The van der Waals surface area contributed by atoms with Crippen LogP contribution in [-0.2, 0) is 11.5 Å². The molecule has 2 aromatic heterocycles. The van der Waals surface area contributed by atoms with Crippen molar-refractivity contribution in [2.24, 2.45) is 0 Å². The van der Waals surface area contributed by atoms with E-state index in [2.05, 4.69) is 40.0 Å². The number of hydrogen-bond acceptors (Lipinski definition) is 5. The number of halogens is 2. The second-order valence-corrected chi connectivity index (χ2v) is 12.2. The topological polar surface area (TPSA) is 64.9 Å². The minimum Gasteiger partial charge on any atom is -0.372 e. The van der Waals surface area contributed by atoms with Gasteiger partial charge in [-0.05, 0) is 17.6 Å². The Bertz CT molecular complexity index is 641. The van der Waals surface area contributed by atoms with E-state index < -0.39 is 8.07 Å². The zero-order valence-corrected chi connectivity index (χ0v) is 15.1. The Morgan fingerprint density at radius 3 is 2.57 bits per heavy atom. The minimum atomic E-state index is -1.11. The Morgan fingerprint density at radius 1 is 1.24 bits per heavy atom. The van der Waals surface area contributed by atoms with E-state index in [0.29, 0.717) is 35.3 Å². The molecular formula is C12H19Cl2N5OSi. The monoisotopic (exact) mass is 347 g/mol.